The number of nitrogens with zero attached hydrogens (tertiary/aromatic N) is 2. The summed E-state index contributed by atoms with van der Waals surface area (Å²) in [6.07, 6.45) is 0. The zero-order valence-electron chi connectivity index (χ0n) is 5.10. The molecule has 0 unspecified atom stereocenters. The van der Waals surface area contributed by atoms with Gasteiger partial charge in [0.1, 0.15) is 5.84 Å². The molecule has 0 spiro atoms. The van der Waals surface area contributed by atoms with Gasteiger partial charge in [-0.1, -0.05) is 0 Å². The predicted molar refractivity (Wildman–Crippen MR) is 32.2 cm³/mol. The fourth-order valence-electron chi connectivity index (χ4n) is 0.229. The van der Waals surface area contributed by atoms with Crippen LogP contribution in [-0.4, -0.2) is 19.6 Å². The van der Waals surface area contributed by atoms with Crippen LogP contribution < -0.4 is 5.32 Å². The zero-order valence-corrected chi connectivity index (χ0v) is 5.10. The van der Waals surface area contributed by atoms with E-state index in [2.05, 4.69) is 15.4 Å². The molecule has 2 N–H and O–H groups in total. The summed E-state index contributed by atoms with van der Waals surface area (Å²) < 4.78 is 0. The van der Waals surface area contributed by atoms with Crippen LogP contribution in [0.1, 0.15) is 6.92 Å². The predicted octanol–water partition coefficient (Wildman–Crippen LogP) is 0.613. The Kier molecular flexibility index (Phi) is 3.97. The smallest absolute Gasteiger partial charge is 0.143 e. The quantitative estimate of drug-likeness (QED) is 0.308. The second-order valence-corrected chi connectivity index (χ2v) is 1.33. The highest BCUT2D eigenvalue weighted by Gasteiger charge is 1.78. The Morgan fingerprint density at radius 2 is 2.38 bits per heavy atom. The fourth-order valence-corrected chi connectivity index (χ4v) is 0.229. The van der Waals surface area contributed by atoms with E-state index in [1.54, 1.807) is 14.0 Å². The number of nitrogens with one attached hydrogen (secondary N) is 2. The van der Waals surface area contributed by atoms with E-state index in [4.69, 9.17) is 5.53 Å². The molecule has 0 radical (unpaired) electrons. The van der Waals surface area contributed by atoms with Gasteiger partial charge in [-0.3, -0.25) is 4.99 Å². The fraction of sp³-hybridized carbons (Fsp3) is 0.750. The lowest BCUT2D eigenvalue weighted by molar-refractivity contribution is 0.830. The molecular formula is C4H10N4. The summed E-state index contributed by atoms with van der Waals surface area (Å²) in [4.78, 5) is 3.81. The molecule has 4 nitrogen and oxygen atoms in total. The van der Waals surface area contributed by atoms with Crippen LogP contribution in [0.3, 0.4) is 0 Å². The first-order chi connectivity index (χ1) is 3.81. The van der Waals surface area contributed by atoms with E-state index in [1.807, 2.05) is 0 Å². The molecule has 0 aromatic heterocycles. The number of rotatable bonds is 2. The van der Waals surface area contributed by atoms with E-state index in [1.165, 1.54) is 0 Å². The molecular weight excluding hydrogens is 104 g/mol. The van der Waals surface area contributed by atoms with Crippen molar-refractivity contribution in [2.24, 2.45) is 10.1 Å². The molecule has 4 heteroatoms. The monoisotopic (exact) mass is 114 g/mol. The van der Waals surface area contributed by atoms with E-state index in [-0.39, 0.29) is 0 Å². The minimum Gasteiger partial charge on any atom is -0.301 e. The van der Waals surface area contributed by atoms with Crippen LogP contribution in [0.4, 0.5) is 0 Å². The number of amidine groups is 1. The van der Waals surface area contributed by atoms with Crippen LogP contribution in [-0.2, 0) is 0 Å². The molecule has 0 saturated carbocycles. The second kappa shape index (κ2) is 4.39. The molecule has 0 aromatic carbocycles. The lowest BCUT2D eigenvalue weighted by atomic mass is 10.7. The first-order valence-electron chi connectivity index (χ1n) is 2.34. The summed E-state index contributed by atoms with van der Waals surface area (Å²) in [6, 6.07) is 0. The van der Waals surface area contributed by atoms with Crippen LogP contribution in [0.25, 0.3) is 0 Å². The van der Waals surface area contributed by atoms with Crippen molar-refractivity contribution in [1.82, 2.24) is 5.32 Å². The first kappa shape index (κ1) is 7.23. The van der Waals surface area contributed by atoms with Crippen molar-refractivity contribution in [1.29, 1.82) is 5.53 Å². The highest BCUT2D eigenvalue weighted by atomic mass is 15.1. The molecule has 0 bridgehead atoms. The molecule has 0 aliphatic heterocycles. The summed E-state index contributed by atoms with van der Waals surface area (Å²) in [5.74, 6) is 0.499. The molecule has 8 heavy (non-hydrogen) atoms. The third-order valence-corrected chi connectivity index (χ3v) is 0.628. The molecule has 0 aromatic rings. The maximum absolute atomic E-state index is 6.45. The van der Waals surface area contributed by atoms with Crippen molar-refractivity contribution in [3.05, 3.63) is 0 Å². The second-order valence-electron chi connectivity index (χ2n) is 1.33. The Balaban J connectivity index is 3.40. The minimum absolute atomic E-state index is 0.499. The van der Waals surface area contributed by atoms with Crippen molar-refractivity contribution < 1.29 is 0 Å². The maximum atomic E-state index is 6.45. The van der Waals surface area contributed by atoms with Gasteiger partial charge in [-0.15, -0.1) is 5.11 Å². The molecule has 0 fully saturated rings. The third kappa shape index (κ3) is 3.42. The zero-order chi connectivity index (χ0) is 6.41. The highest BCUT2D eigenvalue weighted by molar-refractivity contribution is 5.79. The van der Waals surface area contributed by atoms with Crippen LogP contribution >= 0.6 is 0 Å². The van der Waals surface area contributed by atoms with Crippen molar-refractivity contribution in [2.45, 2.75) is 6.92 Å². The molecule has 46 valence electrons. The molecule has 0 amide bonds. The Bertz CT molecular complexity index is 96.2. The van der Waals surface area contributed by atoms with E-state index >= 15 is 0 Å². The molecule has 0 rings (SSSR count). The summed E-state index contributed by atoms with van der Waals surface area (Å²) in [6.45, 7) is 2.22. The van der Waals surface area contributed by atoms with Crippen LogP contribution in [0, 0.1) is 5.53 Å². The number of hydrogen-bond acceptors (Lipinski definition) is 3. The summed E-state index contributed by atoms with van der Waals surface area (Å²) in [5.41, 5.74) is 6.45. The van der Waals surface area contributed by atoms with E-state index in [0.717, 1.165) is 0 Å². The Morgan fingerprint density at radius 3 is 2.75 bits per heavy atom. The molecule has 0 saturated heterocycles. The van der Waals surface area contributed by atoms with Gasteiger partial charge in [-0.05, 0) is 14.0 Å². The van der Waals surface area contributed by atoms with Crippen LogP contribution in [0.5, 0.6) is 0 Å². The Morgan fingerprint density at radius 1 is 1.75 bits per heavy atom. The van der Waals surface area contributed by atoms with Gasteiger partial charge in [0.25, 0.3) is 0 Å². The largest absolute Gasteiger partial charge is 0.301 e. The van der Waals surface area contributed by atoms with Crippen molar-refractivity contribution in [3.8, 4) is 0 Å². The highest BCUT2D eigenvalue weighted by Crippen LogP contribution is 1.74. The Hall–Kier alpha value is -0.770. The van der Waals surface area contributed by atoms with E-state index < -0.39 is 0 Å². The van der Waals surface area contributed by atoms with Crippen molar-refractivity contribution in [2.75, 3.05) is 13.7 Å². The van der Waals surface area contributed by atoms with Gasteiger partial charge in [-0.25, -0.2) is 5.53 Å². The average Bonchev–Trinajstić information content (AvgIpc) is 1.83. The summed E-state index contributed by atoms with van der Waals surface area (Å²) in [5, 5.41) is 5.89. The first-order valence-corrected chi connectivity index (χ1v) is 2.34. The normalized spacial score (nSPS) is 11.5. The molecule has 0 aliphatic rings. The topological polar surface area (TPSA) is 60.6 Å². The number of hydrogen-bond donors (Lipinski definition) is 2. The molecule has 0 aliphatic carbocycles. The van der Waals surface area contributed by atoms with Gasteiger partial charge in [0.05, 0.1) is 6.67 Å². The van der Waals surface area contributed by atoms with E-state index in [9.17, 15) is 0 Å². The van der Waals surface area contributed by atoms with E-state index in [0.29, 0.717) is 12.5 Å². The standard InChI is InChI=1S/C4H10N4/c1-4(8-5)7-3-6-2/h5-6H,3H2,1-2H3. The third-order valence-electron chi connectivity index (χ3n) is 0.628. The van der Waals surface area contributed by atoms with Crippen molar-refractivity contribution >= 4 is 5.84 Å². The van der Waals surface area contributed by atoms with Gasteiger partial charge in [0.15, 0.2) is 0 Å². The van der Waals surface area contributed by atoms with Gasteiger partial charge < -0.3 is 5.32 Å². The maximum Gasteiger partial charge on any atom is 0.143 e. The number of aliphatic imine (C=N–C) groups is 1. The summed E-state index contributed by atoms with van der Waals surface area (Å²) in [7, 11) is 1.79. The lowest BCUT2D eigenvalue weighted by Gasteiger charge is -1.88. The molecule has 0 atom stereocenters. The SMILES string of the molecule is CNCN=C(C)N=N. The van der Waals surface area contributed by atoms with Crippen LogP contribution in [0.2, 0.25) is 0 Å². The Labute approximate surface area is 48.5 Å². The van der Waals surface area contributed by atoms with Crippen LogP contribution in [0.15, 0.2) is 10.1 Å². The van der Waals surface area contributed by atoms with Crippen molar-refractivity contribution in [3.63, 3.8) is 0 Å². The van der Waals surface area contributed by atoms with Gasteiger partial charge in [0.2, 0.25) is 0 Å². The summed E-state index contributed by atoms with van der Waals surface area (Å²) >= 11 is 0. The average molecular weight is 114 g/mol. The van der Waals surface area contributed by atoms with Gasteiger partial charge in [-0.2, -0.15) is 0 Å². The minimum atomic E-state index is 0.499. The van der Waals surface area contributed by atoms with Gasteiger partial charge >= 0.3 is 0 Å². The van der Waals surface area contributed by atoms with Gasteiger partial charge in [0, 0.05) is 0 Å². The molecule has 0 heterocycles. The lowest BCUT2D eigenvalue weighted by Crippen LogP contribution is -2.06.